The van der Waals surface area contributed by atoms with Crippen LogP contribution >= 0.6 is 0 Å². The van der Waals surface area contributed by atoms with Gasteiger partial charge in [0, 0.05) is 5.41 Å². The monoisotopic (exact) mass is 292 g/mol. The van der Waals surface area contributed by atoms with Gasteiger partial charge < -0.3 is 14.6 Å². The predicted octanol–water partition coefficient (Wildman–Crippen LogP) is 2.82. The molecule has 0 spiro atoms. The summed E-state index contributed by atoms with van der Waals surface area (Å²) in [7, 11) is 1.62. The van der Waals surface area contributed by atoms with E-state index in [0.717, 1.165) is 37.0 Å². The van der Waals surface area contributed by atoms with E-state index >= 15 is 0 Å². The van der Waals surface area contributed by atoms with Crippen LogP contribution in [0.3, 0.4) is 0 Å². The smallest absolute Gasteiger partial charge is 0.306 e. The molecule has 0 amide bonds. The first-order chi connectivity index (χ1) is 10.1. The maximum Gasteiger partial charge on any atom is 0.306 e. The molecule has 116 valence electrons. The van der Waals surface area contributed by atoms with E-state index in [1.54, 1.807) is 14.0 Å². The fourth-order valence-electron chi connectivity index (χ4n) is 3.27. The number of methoxy groups -OCH3 is 1. The molecule has 1 saturated carbocycles. The van der Waals surface area contributed by atoms with Crippen LogP contribution in [-0.2, 0) is 14.9 Å². The molecule has 0 radical (unpaired) electrons. The van der Waals surface area contributed by atoms with E-state index in [9.17, 15) is 9.90 Å². The van der Waals surface area contributed by atoms with Crippen molar-refractivity contribution in [1.29, 1.82) is 0 Å². The van der Waals surface area contributed by atoms with Crippen LogP contribution < -0.4 is 4.74 Å². The van der Waals surface area contributed by atoms with Crippen molar-refractivity contribution in [3.8, 4) is 5.75 Å². The average Bonchev–Trinajstić information content (AvgIpc) is 2.50. The average molecular weight is 292 g/mol. The van der Waals surface area contributed by atoms with Gasteiger partial charge in [-0.15, -0.1) is 0 Å². The minimum absolute atomic E-state index is 0.217. The summed E-state index contributed by atoms with van der Waals surface area (Å²) in [5, 5.41) is 10.6. The second kappa shape index (κ2) is 6.94. The molecule has 0 bridgehead atoms. The molecule has 1 fully saturated rings. The maximum absolute atomic E-state index is 12.0. The number of esters is 1. The zero-order valence-corrected chi connectivity index (χ0v) is 12.8. The summed E-state index contributed by atoms with van der Waals surface area (Å²) in [6.45, 7) is 2.16. The molecule has 0 aromatic heterocycles. The molecular weight excluding hydrogens is 268 g/mol. The van der Waals surface area contributed by atoms with E-state index < -0.39 is 11.5 Å². The summed E-state index contributed by atoms with van der Waals surface area (Å²) in [6.07, 6.45) is 3.21. The van der Waals surface area contributed by atoms with E-state index in [-0.39, 0.29) is 12.4 Å². The quantitative estimate of drug-likeness (QED) is 0.848. The molecule has 2 atom stereocenters. The zero-order chi connectivity index (χ0) is 15.3. The Bertz CT molecular complexity index is 485. The van der Waals surface area contributed by atoms with E-state index in [1.807, 2.05) is 24.3 Å². The van der Waals surface area contributed by atoms with Gasteiger partial charge in [-0.2, -0.15) is 0 Å². The van der Waals surface area contributed by atoms with Gasteiger partial charge in [0.15, 0.2) is 0 Å². The highest BCUT2D eigenvalue weighted by Gasteiger charge is 2.43. The Hall–Kier alpha value is -1.55. The third-order valence-electron chi connectivity index (χ3n) is 4.40. The van der Waals surface area contributed by atoms with E-state index in [1.165, 1.54) is 0 Å². The van der Waals surface area contributed by atoms with Gasteiger partial charge in [0.2, 0.25) is 0 Å². The van der Waals surface area contributed by atoms with Crippen molar-refractivity contribution in [2.75, 3.05) is 13.7 Å². The highest BCUT2D eigenvalue weighted by Crippen LogP contribution is 2.43. The lowest BCUT2D eigenvalue weighted by molar-refractivity contribution is -0.146. The van der Waals surface area contributed by atoms with Gasteiger partial charge in [-0.3, -0.25) is 4.79 Å². The number of rotatable bonds is 5. The molecule has 21 heavy (non-hydrogen) atoms. The summed E-state index contributed by atoms with van der Waals surface area (Å²) >= 11 is 0. The maximum atomic E-state index is 12.0. The molecule has 4 nitrogen and oxygen atoms in total. The standard InChI is InChI=1S/C17H24O4/c1-3-21-16(19)12-17(10-5-4-9-15(17)18)13-7-6-8-14(11-13)20-2/h6-8,11,15,18H,3-5,9-10,12H2,1-2H3. The molecule has 1 aliphatic rings. The number of benzene rings is 1. The molecule has 1 aromatic rings. The second-order valence-corrected chi connectivity index (χ2v) is 5.63. The first-order valence-corrected chi connectivity index (χ1v) is 7.60. The molecule has 4 heteroatoms. The van der Waals surface area contributed by atoms with Gasteiger partial charge in [0.1, 0.15) is 5.75 Å². The first-order valence-electron chi connectivity index (χ1n) is 7.60. The zero-order valence-electron chi connectivity index (χ0n) is 12.8. The van der Waals surface area contributed by atoms with Crippen molar-refractivity contribution in [3.63, 3.8) is 0 Å². The molecule has 0 heterocycles. The van der Waals surface area contributed by atoms with E-state index in [0.29, 0.717) is 6.61 Å². The number of ether oxygens (including phenoxy) is 2. The van der Waals surface area contributed by atoms with Crippen LogP contribution in [0, 0.1) is 0 Å². The lowest BCUT2D eigenvalue weighted by Gasteiger charge is -2.41. The number of aliphatic hydroxyl groups is 1. The third kappa shape index (κ3) is 3.38. The van der Waals surface area contributed by atoms with Gasteiger partial charge >= 0.3 is 5.97 Å². The van der Waals surface area contributed by atoms with Crippen LogP contribution in [0.2, 0.25) is 0 Å². The number of carbonyl (C=O) groups excluding carboxylic acids is 1. The normalized spacial score (nSPS) is 25.4. The van der Waals surface area contributed by atoms with Crippen molar-refractivity contribution in [1.82, 2.24) is 0 Å². The summed E-state index contributed by atoms with van der Waals surface area (Å²) in [5.41, 5.74) is 0.404. The molecular formula is C17H24O4. The van der Waals surface area contributed by atoms with Crippen molar-refractivity contribution < 1.29 is 19.4 Å². The van der Waals surface area contributed by atoms with E-state index in [2.05, 4.69) is 0 Å². The Kier molecular flexibility index (Phi) is 5.23. The Labute approximate surface area is 126 Å². The number of hydrogen-bond acceptors (Lipinski definition) is 4. The topological polar surface area (TPSA) is 55.8 Å². The molecule has 2 unspecified atom stereocenters. The molecule has 1 N–H and O–H groups in total. The fraction of sp³-hybridized carbons (Fsp3) is 0.588. The minimum Gasteiger partial charge on any atom is -0.497 e. The molecule has 1 aliphatic carbocycles. The Morgan fingerprint density at radius 1 is 1.43 bits per heavy atom. The molecule has 1 aromatic carbocycles. The lowest BCUT2D eigenvalue weighted by Crippen LogP contribution is -2.44. The van der Waals surface area contributed by atoms with Crippen molar-refractivity contribution >= 4 is 5.97 Å². The van der Waals surface area contributed by atoms with Crippen LogP contribution in [0.4, 0.5) is 0 Å². The number of hydrogen-bond donors (Lipinski definition) is 1. The van der Waals surface area contributed by atoms with Crippen LogP contribution in [0.1, 0.15) is 44.6 Å². The fourth-order valence-corrected chi connectivity index (χ4v) is 3.27. The largest absolute Gasteiger partial charge is 0.497 e. The Morgan fingerprint density at radius 3 is 2.90 bits per heavy atom. The summed E-state index contributed by atoms with van der Waals surface area (Å²) in [4.78, 5) is 12.0. The van der Waals surface area contributed by atoms with Crippen LogP contribution in [-0.4, -0.2) is 30.9 Å². The van der Waals surface area contributed by atoms with Crippen molar-refractivity contribution in [2.24, 2.45) is 0 Å². The lowest BCUT2D eigenvalue weighted by atomic mass is 9.65. The van der Waals surface area contributed by atoms with Gasteiger partial charge in [0.05, 0.1) is 26.2 Å². The Balaban J connectivity index is 2.36. The van der Waals surface area contributed by atoms with Crippen LogP contribution in [0.5, 0.6) is 5.75 Å². The summed E-state index contributed by atoms with van der Waals surface area (Å²) in [6, 6.07) is 7.67. The van der Waals surface area contributed by atoms with Gasteiger partial charge in [-0.05, 0) is 37.5 Å². The SMILES string of the molecule is CCOC(=O)CC1(c2cccc(OC)c2)CCCCC1O. The van der Waals surface area contributed by atoms with Crippen LogP contribution in [0.15, 0.2) is 24.3 Å². The van der Waals surface area contributed by atoms with Gasteiger partial charge in [-0.25, -0.2) is 0 Å². The molecule has 0 aliphatic heterocycles. The summed E-state index contributed by atoms with van der Waals surface area (Å²) < 4.78 is 10.4. The molecule has 0 saturated heterocycles. The Morgan fingerprint density at radius 2 is 2.24 bits per heavy atom. The van der Waals surface area contributed by atoms with Gasteiger partial charge in [0.25, 0.3) is 0 Å². The van der Waals surface area contributed by atoms with Crippen molar-refractivity contribution in [3.05, 3.63) is 29.8 Å². The predicted molar refractivity (Wildman–Crippen MR) is 80.4 cm³/mol. The number of aliphatic hydroxyl groups excluding tert-OH is 1. The van der Waals surface area contributed by atoms with Crippen molar-refractivity contribution in [2.45, 2.75) is 50.5 Å². The highest BCUT2D eigenvalue weighted by molar-refractivity contribution is 5.72. The van der Waals surface area contributed by atoms with E-state index in [4.69, 9.17) is 9.47 Å². The highest BCUT2D eigenvalue weighted by atomic mass is 16.5. The third-order valence-corrected chi connectivity index (χ3v) is 4.40. The minimum atomic E-state index is -0.557. The number of carbonyl (C=O) groups is 1. The van der Waals surface area contributed by atoms with Gasteiger partial charge in [-0.1, -0.05) is 25.0 Å². The molecule has 2 rings (SSSR count). The second-order valence-electron chi connectivity index (χ2n) is 5.63. The first kappa shape index (κ1) is 15.8. The van der Waals surface area contributed by atoms with Crippen LogP contribution in [0.25, 0.3) is 0 Å². The summed E-state index contributed by atoms with van der Waals surface area (Å²) in [5.74, 6) is 0.495.